The number of methoxy groups -OCH3 is 1. The van der Waals surface area contributed by atoms with E-state index in [4.69, 9.17) is 9.84 Å². The summed E-state index contributed by atoms with van der Waals surface area (Å²) in [6.45, 7) is 1.85. The number of aromatic nitrogens is 3. The van der Waals surface area contributed by atoms with Crippen LogP contribution >= 0.6 is 11.3 Å². The third kappa shape index (κ3) is 4.02. The molecule has 8 heteroatoms. The summed E-state index contributed by atoms with van der Waals surface area (Å²) in [5.74, 6) is 0.526. The fraction of sp³-hybridized carbons (Fsp3) is 0.208. The maximum atomic E-state index is 13.3. The molecule has 0 saturated heterocycles. The zero-order valence-corrected chi connectivity index (χ0v) is 18.7. The van der Waals surface area contributed by atoms with E-state index in [1.54, 1.807) is 29.3 Å². The largest absolute Gasteiger partial charge is 0.497 e. The van der Waals surface area contributed by atoms with Crippen LogP contribution in [-0.4, -0.2) is 46.3 Å². The number of nitrogens with one attached hydrogen (secondary N) is 1. The number of thiazole rings is 1. The van der Waals surface area contributed by atoms with Crippen molar-refractivity contribution in [2.75, 3.05) is 26.0 Å². The Balaban J connectivity index is 1.50. The topological polar surface area (TPSA) is 72.3 Å². The van der Waals surface area contributed by atoms with E-state index in [9.17, 15) is 4.79 Å². The third-order valence-electron chi connectivity index (χ3n) is 5.49. The molecule has 2 aromatic heterocycles. The van der Waals surface area contributed by atoms with Gasteiger partial charge in [0.15, 0.2) is 5.13 Å². The Morgan fingerprint density at radius 3 is 2.66 bits per heavy atom. The summed E-state index contributed by atoms with van der Waals surface area (Å²) in [6, 6.07) is 17.3. The highest BCUT2D eigenvalue weighted by molar-refractivity contribution is 7.15. The third-order valence-corrected chi connectivity index (χ3v) is 6.48. The summed E-state index contributed by atoms with van der Waals surface area (Å²) < 4.78 is 7.00. The lowest BCUT2D eigenvalue weighted by molar-refractivity contribution is 0.102. The molecule has 0 bridgehead atoms. The van der Waals surface area contributed by atoms with Gasteiger partial charge in [0.2, 0.25) is 0 Å². The molecule has 1 amide bonds. The predicted molar refractivity (Wildman–Crippen MR) is 126 cm³/mol. The maximum Gasteiger partial charge on any atom is 0.261 e. The van der Waals surface area contributed by atoms with Crippen molar-refractivity contribution in [3.63, 3.8) is 0 Å². The molecule has 32 heavy (non-hydrogen) atoms. The number of amides is 1. The van der Waals surface area contributed by atoms with Crippen molar-refractivity contribution in [2.24, 2.45) is 0 Å². The van der Waals surface area contributed by atoms with Gasteiger partial charge >= 0.3 is 0 Å². The van der Waals surface area contributed by atoms with Crippen LogP contribution in [0.2, 0.25) is 0 Å². The normalized spacial score (nSPS) is 13.6. The molecule has 0 radical (unpaired) electrons. The number of benzene rings is 2. The van der Waals surface area contributed by atoms with Gasteiger partial charge in [0.1, 0.15) is 11.4 Å². The number of para-hydroxylation sites is 1. The van der Waals surface area contributed by atoms with Crippen LogP contribution in [0, 0.1) is 0 Å². The molecule has 1 N–H and O–H groups in total. The zero-order valence-electron chi connectivity index (χ0n) is 17.9. The first-order valence-corrected chi connectivity index (χ1v) is 11.2. The minimum atomic E-state index is -0.225. The minimum Gasteiger partial charge on any atom is -0.497 e. The van der Waals surface area contributed by atoms with Crippen molar-refractivity contribution in [2.45, 2.75) is 13.0 Å². The first kappa shape index (κ1) is 20.4. The van der Waals surface area contributed by atoms with Gasteiger partial charge in [0.25, 0.3) is 5.91 Å². The summed E-state index contributed by atoms with van der Waals surface area (Å²) in [6.07, 6.45) is 2.67. The van der Waals surface area contributed by atoms with E-state index in [2.05, 4.69) is 22.2 Å². The van der Waals surface area contributed by atoms with Crippen LogP contribution in [0.5, 0.6) is 5.75 Å². The Morgan fingerprint density at radius 2 is 1.91 bits per heavy atom. The van der Waals surface area contributed by atoms with E-state index in [0.29, 0.717) is 16.4 Å². The Hall–Kier alpha value is -3.49. The molecule has 0 spiro atoms. The van der Waals surface area contributed by atoms with Gasteiger partial charge in [-0.2, -0.15) is 5.10 Å². The first-order valence-electron chi connectivity index (χ1n) is 10.4. The number of ether oxygens (including phenoxy) is 1. The monoisotopic (exact) mass is 445 g/mol. The Bertz CT molecular complexity index is 1250. The fourth-order valence-corrected chi connectivity index (χ4v) is 4.84. The predicted octanol–water partition coefficient (Wildman–Crippen LogP) is 4.24. The smallest absolute Gasteiger partial charge is 0.261 e. The van der Waals surface area contributed by atoms with Crippen molar-refractivity contribution in [1.29, 1.82) is 0 Å². The van der Waals surface area contributed by atoms with Crippen LogP contribution in [0.1, 0.15) is 20.9 Å². The lowest BCUT2D eigenvalue weighted by Gasteiger charge is -2.20. The second kappa shape index (κ2) is 8.57. The van der Waals surface area contributed by atoms with Gasteiger partial charge in [0, 0.05) is 36.1 Å². The summed E-state index contributed by atoms with van der Waals surface area (Å²) in [5.41, 5.74) is 3.90. The van der Waals surface area contributed by atoms with Gasteiger partial charge in [-0.15, -0.1) is 11.3 Å². The quantitative estimate of drug-likeness (QED) is 0.497. The van der Waals surface area contributed by atoms with Gasteiger partial charge in [0.05, 0.1) is 24.1 Å². The lowest BCUT2D eigenvalue weighted by atomic mass is 10.1. The second-order valence-corrected chi connectivity index (χ2v) is 8.81. The van der Waals surface area contributed by atoms with Gasteiger partial charge in [-0.3, -0.25) is 10.1 Å². The van der Waals surface area contributed by atoms with Crippen molar-refractivity contribution < 1.29 is 9.53 Å². The van der Waals surface area contributed by atoms with Crippen LogP contribution in [-0.2, 0) is 13.0 Å². The van der Waals surface area contributed by atoms with E-state index in [0.717, 1.165) is 42.2 Å². The van der Waals surface area contributed by atoms with Crippen LogP contribution in [0.15, 0.2) is 60.8 Å². The molecule has 0 aliphatic carbocycles. The number of rotatable bonds is 5. The van der Waals surface area contributed by atoms with Crippen molar-refractivity contribution in [3.8, 4) is 22.7 Å². The number of anilines is 1. The molecule has 5 rings (SSSR count). The summed E-state index contributed by atoms with van der Waals surface area (Å²) in [7, 11) is 3.73. The number of fused-ring (bicyclic) bond motifs is 1. The van der Waals surface area contributed by atoms with Crippen molar-refractivity contribution in [1.82, 2.24) is 19.7 Å². The van der Waals surface area contributed by atoms with E-state index < -0.39 is 0 Å². The number of likely N-dealkylation sites (N-methyl/N-ethyl adjacent to an activating group) is 1. The van der Waals surface area contributed by atoms with E-state index in [1.807, 2.05) is 54.6 Å². The molecule has 0 atom stereocenters. The second-order valence-electron chi connectivity index (χ2n) is 7.73. The summed E-state index contributed by atoms with van der Waals surface area (Å²) in [4.78, 5) is 21.5. The number of carbonyl (C=O) groups is 1. The van der Waals surface area contributed by atoms with E-state index in [-0.39, 0.29) is 5.91 Å². The number of carbonyl (C=O) groups excluding carboxylic acids is 1. The van der Waals surface area contributed by atoms with Crippen molar-refractivity contribution in [3.05, 3.63) is 76.9 Å². The molecule has 3 heterocycles. The molecular formula is C24H23N5O2S. The highest BCUT2D eigenvalue weighted by Gasteiger charge is 2.22. The van der Waals surface area contributed by atoms with Crippen LogP contribution in [0.3, 0.4) is 0 Å². The molecule has 2 aromatic carbocycles. The molecule has 1 aliphatic heterocycles. The Morgan fingerprint density at radius 1 is 1.12 bits per heavy atom. The molecule has 0 saturated carbocycles. The van der Waals surface area contributed by atoms with Gasteiger partial charge in [-0.25, -0.2) is 9.67 Å². The van der Waals surface area contributed by atoms with Crippen LogP contribution in [0.4, 0.5) is 5.13 Å². The first-order chi connectivity index (χ1) is 15.6. The highest BCUT2D eigenvalue weighted by atomic mass is 32.1. The van der Waals surface area contributed by atoms with Gasteiger partial charge in [-0.05, 0) is 43.4 Å². The number of nitrogens with zero attached hydrogens (tertiary/aromatic N) is 4. The summed E-state index contributed by atoms with van der Waals surface area (Å²) in [5, 5.41) is 8.36. The average Bonchev–Trinajstić information content (AvgIpc) is 3.43. The van der Waals surface area contributed by atoms with Gasteiger partial charge in [-0.1, -0.05) is 18.2 Å². The SMILES string of the molecule is COc1ccc(-c2nn(-c3ccccc3)cc2C(=O)Nc2nc3c(s2)CN(C)CC3)cc1. The number of hydrogen-bond donors (Lipinski definition) is 1. The minimum absolute atomic E-state index is 0.225. The number of hydrogen-bond acceptors (Lipinski definition) is 6. The van der Waals surface area contributed by atoms with Gasteiger partial charge < -0.3 is 9.64 Å². The van der Waals surface area contributed by atoms with E-state index >= 15 is 0 Å². The Kier molecular flexibility index (Phi) is 5.46. The molecule has 4 aromatic rings. The van der Waals surface area contributed by atoms with Crippen LogP contribution < -0.4 is 10.1 Å². The molecular weight excluding hydrogens is 422 g/mol. The Labute approximate surface area is 190 Å². The maximum absolute atomic E-state index is 13.3. The summed E-state index contributed by atoms with van der Waals surface area (Å²) >= 11 is 1.54. The van der Waals surface area contributed by atoms with E-state index in [1.165, 1.54) is 4.88 Å². The molecule has 162 valence electrons. The standard InChI is InChI=1S/C24H23N5O2S/c1-28-13-12-20-21(15-28)32-24(25-20)26-23(30)19-14-29(17-6-4-3-5-7-17)27-22(19)16-8-10-18(31-2)11-9-16/h3-11,14H,12-13,15H2,1-2H3,(H,25,26,30). The molecule has 0 unspecified atom stereocenters. The van der Waals surface area contributed by atoms with Crippen LogP contribution in [0.25, 0.3) is 16.9 Å². The molecule has 7 nitrogen and oxygen atoms in total. The lowest BCUT2D eigenvalue weighted by Crippen LogP contribution is -2.25. The molecule has 0 fully saturated rings. The molecule has 1 aliphatic rings. The zero-order chi connectivity index (χ0) is 22.1. The fourth-order valence-electron chi connectivity index (χ4n) is 3.76. The van der Waals surface area contributed by atoms with Crippen molar-refractivity contribution >= 4 is 22.4 Å². The highest BCUT2D eigenvalue weighted by Crippen LogP contribution is 2.30. The average molecular weight is 446 g/mol.